The molecule has 0 aliphatic heterocycles. The maximum Gasteiger partial charge on any atom is 0.235 e. The summed E-state index contributed by atoms with van der Waals surface area (Å²) < 4.78 is 0. The number of anilines is 1. The van der Waals surface area contributed by atoms with E-state index in [9.17, 15) is 9.59 Å². The Balaban J connectivity index is 1.30. The molecule has 5 nitrogen and oxygen atoms in total. The van der Waals surface area contributed by atoms with Crippen molar-refractivity contribution in [1.82, 2.24) is 10.3 Å². The molecule has 2 N–H and O–H groups in total. The van der Waals surface area contributed by atoms with Gasteiger partial charge in [0.15, 0.2) is 5.13 Å². The number of likely N-dealkylation sites (N-methyl/N-ethyl adjacent to an activating group) is 1. The molecule has 5 aromatic rings. The van der Waals surface area contributed by atoms with E-state index in [-0.39, 0.29) is 17.7 Å². The Kier molecular flexibility index (Phi) is 5.65. The van der Waals surface area contributed by atoms with Crippen molar-refractivity contribution < 1.29 is 9.59 Å². The lowest BCUT2D eigenvalue weighted by molar-refractivity contribution is -0.132. The monoisotopic (exact) mass is 543 g/mol. The van der Waals surface area contributed by atoms with Gasteiger partial charge in [0.25, 0.3) is 0 Å². The molecule has 8 rings (SSSR count). The van der Waals surface area contributed by atoms with Crippen LogP contribution in [0.1, 0.15) is 48.4 Å². The van der Waals surface area contributed by atoms with Gasteiger partial charge in [-0.2, -0.15) is 0 Å². The van der Waals surface area contributed by atoms with E-state index in [1.165, 1.54) is 11.3 Å². The summed E-state index contributed by atoms with van der Waals surface area (Å²) >= 11 is 1.43. The normalized spacial score (nSPS) is 22.4. The lowest BCUT2D eigenvalue weighted by Gasteiger charge is -2.56. The van der Waals surface area contributed by atoms with Crippen LogP contribution in [0.5, 0.6) is 0 Å². The van der Waals surface area contributed by atoms with Crippen LogP contribution in [0.3, 0.4) is 0 Å². The number of nitrogens with zero attached hydrogens (tertiary/aromatic N) is 1. The number of fused-ring (bicyclic) bond motifs is 2. The van der Waals surface area contributed by atoms with Crippen LogP contribution in [0.15, 0.2) is 96.4 Å². The van der Waals surface area contributed by atoms with E-state index >= 15 is 0 Å². The predicted octanol–water partition coefficient (Wildman–Crippen LogP) is 6.88. The molecule has 0 saturated heterocycles. The quantitative estimate of drug-likeness (QED) is 0.254. The van der Waals surface area contributed by atoms with Crippen molar-refractivity contribution in [2.24, 2.45) is 5.41 Å². The third kappa shape index (κ3) is 3.42. The fourth-order valence-corrected chi connectivity index (χ4v) is 7.81. The second-order valence-corrected chi connectivity index (χ2v) is 11.8. The summed E-state index contributed by atoms with van der Waals surface area (Å²) in [6.07, 6.45) is 0.387. The summed E-state index contributed by atoms with van der Waals surface area (Å²) in [5.74, 6) is -0.345. The number of benzene rings is 4. The van der Waals surface area contributed by atoms with Gasteiger partial charge in [0, 0.05) is 23.4 Å². The Morgan fingerprint density at radius 1 is 0.875 bits per heavy atom. The van der Waals surface area contributed by atoms with Gasteiger partial charge in [-0.1, -0.05) is 91.0 Å². The number of amides is 2. The average Bonchev–Trinajstić information content (AvgIpc) is 3.45. The van der Waals surface area contributed by atoms with Crippen LogP contribution in [-0.2, 0) is 15.0 Å². The van der Waals surface area contributed by atoms with Crippen LogP contribution >= 0.6 is 11.3 Å². The summed E-state index contributed by atoms with van der Waals surface area (Å²) in [4.78, 5) is 33.1. The highest BCUT2D eigenvalue weighted by atomic mass is 32.1. The van der Waals surface area contributed by atoms with Crippen LogP contribution < -0.4 is 10.6 Å². The van der Waals surface area contributed by atoms with Gasteiger partial charge in [0.2, 0.25) is 11.8 Å². The Labute approximate surface area is 237 Å². The molecule has 6 heteroatoms. The smallest absolute Gasteiger partial charge is 0.235 e. The molecule has 2 amide bonds. The largest absolute Gasteiger partial charge is 0.355 e. The van der Waals surface area contributed by atoms with E-state index in [2.05, 4.69) is 59.2 Å². The highest BCUT2D eigenvalue weighted by Crippen LogP contribution is 2.64. The van der Waals surface area contributed by atoms with Crippen molar-refractivity contribution in [2.45, 2.75) is 31.6 Å². The van der Waals surface area contributed by atoms with Crippen molar-refractivity contribution in [3.05, 3.63) is 119 Å². The van der Waals surface area contributed by atoms with Crippen LogP contribution in [0.25, 0.3) is 22.0 Å². The molecule has 1 unspecified atom stereocenters. The Morgan fingerprint density at radius 2 is 1.52 bits per heavy atom. The lowest BCUT2D eigenvalue weighted by atomic mass is 9.46. The second-order valence-electron chi connectivity index (χ2n) is 11.0. The number of rotatable bonds is 5. The third-order valence-electron chi connectivity index (χ3n) is 8.77. The fourth-order valence-electron chi connectivity index (χ4n) is 7.11. The maximum absolute atomic E-state index is 14.3. The van der Waals surface area contributed by atoms with Gasteiger partial charge in [0.1, 0.15) is 5.41 Å². The van der Waals surface area contributed by atoms with Crippen molar-refractivity contribution in [3.63, 3.8) is 0 Å². The minimum absolute atomic E-state index is 0.0560. The number of aromatic nitrogens is 1. The number of hydrogen-bond donors (Lipinski definition) is 2. The van der Waals surface area contributed by atoms with Gasteiger partial charge in [-0.25, -0.2) is 4.98 Å². The second kappa shape index (κ2) is 9.14. The molecule has 40 heavy (non-hydrogen) atoms. The van der Waals surface area contributed by atoms with E-state index in [1.807, 2.05) is 61.7 Å². The molecule has 1 heterocycles. The summed E-state index contributed by atoms with van der Waals surface area (Å²) in [6, 6.07) is 30.7. The van der Waals surface area contributed by atoms with E-state index in [0.29, 0.717) is 18.1 Å². The molecule has 4 aromatic carbocycles. The first kappa shape index (κ1) is 24.7. The zero-order valence-electron chi connectivity index (χ0n) is 22.4. The molecule has 0 fully saturated rings. The molecule has 198 valence electrons. The first-order valence-electron chi connectivity index (χ1n) is 13.7. The molecule has 0 spiro atoms. The Hall–Kier alpha value is -4.29. The van der Waals surface area contributed by atoms with E-state index in [4.69, 9.17) is 4.98 Å². The molecular weight excluding hydrogens is 514 g/mol. The SMILES string of the molecule is CCNC(=O)C12CC(C)(C(=O)Nc3nc(-c4cccc5ccccc45)cs3)C(c3ccccc31)c1ccccc12. The number of carbonyl (C=O) groups is 2. The van der Waals surface area contributed by atoms with Gasteiger partial charge in [-0.3, -0.25) is 9.59 Å². The molecule has 0 radical (unpaired) electrons. The zero-order chi connectivity index (χ0) is 27.5. The molecule has 2 bridgehead atoms. The van der Waals surface area contributed by atoms with E-state index in [1.54, 1.807) is 0 Å². The average molecular weight is 544 g/mol. The predicted molar refractivity (Wildman–Crippen MR) is 161 cm³/mol. The minimum Gasteiger partial charge on any atom is -0.355 e. The molecule has 3 aliphatic carbocycles. The number of thiazole rings is 1. The summed E-state index contributed by atoms with van der Waals surface area (Å²) in [5, 5.41) is 11.1. The van der Waals surface area contributed by atoms with Crippen LogP contribution in [0, 0.1) is 5.41 Å². The summed E-state index contributed by atoms with van der Waals surface area (Å²) in [7, 11) is 0. The summed E-state index contributed by atoms with van der Waals surface area (Å²) in [5.41, 5.74) is 4.17. The van der Waals surface area contributed by atoms with Crippen molar-refractivity contribution >= 4 is 39.1 Å². The van der Waals surface area contributed by atoms with E-state index < -0.39 is 10.8 Å². The number of carbonyl (C=O) groups excluding carboxylic acids is 2. The maximum atomic E-state index is 14.3. The highest BCUT2D eigenvalue weighted by molar-refractivity contribution is 7.14. The topological polar surface area (TPSA) is 71.1 Å². The van der Waals surface area contributed by atoms with Gasteiger partial charge in [0.05, 0.1) is 11.1 Å². The molecule has 1 atom stereocenters. The standard InChI is InChI=1S/C34H29N3O2S/c1-3-35-31(39)34-20-33(2,29(24-14-6-8-17-26(24)34)25-15-7-9-18-27(25)34)30(38)37-32-36-28(19-40-32)23-16-10-12-21-11-4-5-13-22(21)23/h4-19,29H,3,20H2,1-2H3,(H,35,39)(H,36,37,38). The summed E-state index contributed by atoms with van der Waals surface area (Å²) in [6.45, 7) is 4.46. The Morgan fingerprint density at radius 3 is 2.25 bits per heavy atom. The molecule has 3 aliphatic rings. The van der Waals surface area contributed by atoms with Gasteiger partial charge in [-0.15, -0.1) is 11.3 Å². The van der Waals surface area contributed by atoms with Crippen molar-refractivity contribution in [3.8, 4) is 11.3 Å². The van der Waals surface area contributed by atoms with Gasteiger partial charge in [-0.05, 0) is 53.3 Å². The van der Waals surface area contributed by atoms with E-state index in [0.717, 1.165) is 44.3 Å². The Bertz CT molecular complexity index is 1760. The third-order valence-corrected chi connectivity index (χ3v) is 9.52. The van der Waals surface area contributed by atoms with Crippen molar-refractivity contribution in [2.75, 3.05) is 11.9 Å². The number of nitrogens with one attached hydrogen (secondary N) is 2. The van der Waals surface area contributed by atoms with Crippen LogP contribution in [0.4, 0.5) is 5.13 Å². The minimum atomic E-state index is -0.943. The molecule has 0 saturated carbocycles. The zero-order valence-corrected chi connectivity index (χ0v) is 23.2. The van der Waals surface area contributed by atoms with Crippen LogP contribution in [0.2, 0.25) is 0 Å². The number of hydrogen-bond acceptors (Lipinski definition) is 4. The molecule has 1 aromatic heterocycles. The van der Waals surface area contributed by atoms with Crippen molar-refractivity contribution in [1.29, 1.82) is 0 Å². The highest BCUT2D eigenvalue weighted by Gasteiger charge is 2.63. The first-order valence-corrected chi connectivity index (χ1v) is 14.6. The first-order chi connectivity index (χ1) is 19.5. The lowest BCUT2D eigenvalue weighted by Crippen LogP contribution is -2.59. The van der Waals surface area contributed by atoms with Crippen LogP contribution in [-0.4, -0.2) is 23.3 Å². The molecular formula is C34H29N3O2S. The van der Waals surface area contributed by atoms with Gasteiger partial charge >= 0.3 is 0 Å². The van der Waals surface area contributed by atoms with Gasteiger partial charge < -0.3 is 10.6 Å². The fraction of sp³-hybridized carbons (Fsp3) is 0.206.